The zero-order valence-electron chi connectivity index (χ0n) is 6.23. The smallest absolute Gasteiger partial charge is 0.238 e. The van der Waals surface area contributed by atoms with Gasteiger partial charge in [-0.1, -0.05) is 11.8 Å². The van der Waals surface area contributed by atoms with E-state index >= 15 is 0 Å². The minimum atomic E-state index is 0.668. The van der Waals surface area contributed by atoms with Crippen LogP contribution in [-0.4, -0.2) is 25.6 Å². The lowest BCUT2D eigenvalue weighted by atomic mass is 10.9. The summed E-state index contributed by atoms with van der Waals surface area (Å²) in [4.78, 5) is 12.2. The van der Waals surface area contributed by atoms with Crippen molar-refractivity contribution < 1.29 is 0 Å². The molecule has 0 atom stereocenters. The molecule has 0 saturated carbocycles. The minimum absolute atomic E-state index is 0.668. The first-order valence-electron chi connectivity index (χ1n) is 3.21. The molecule has 4 nitrogen and oxygen atoms in total. The van der Waals surface area contributed by atoms with Gasteiger partial charge >= 0.3 is 0 Å². The molecule has 0 aromatic carbocycles. The quantitative estimate of drug-likeness (QED) is 0.716. The maximum atomic E-state index is 4.10. The molecule has 0 fully saturated rings. The molecule has 62 valence electrons. The standard InChI is InChI=1S/C6H5BrN4S/c1-12-6-10-3-9-5-8-2-4(7)11(5)6/h2-3H,1H3. The number of nitrogens with zero attached hydrogens (tertiary/aromatic N) is 4. The summed E-state index contributed by atoms with van der Waals surface area (Å²) in [6.45, 7) is 0. The lowest BCUT2D eigenvalue weighted by molar-refractivity contribution is 0.850. The lowest BCUT2D eigenvalue weighted by Gasteiger charge is -1.98. The van der Waals surface area contributed by atoms with Gasteiger partial charge in [0.05, 0.1) is 6.20 Å². The van der Waals surface area contributed by atoms with Gasteiger partial charge in [0.1, 0.15) is 10.9 Å². The Morgan fingerprint density at radius 1 is 1.42 bits per heavy atom. The average Bonchev–Trinajstić information content (AvgIpc) is 2.48. The van der Waals surface area contributed by atoms with Crippen molar-refractivity contribution in [2.24, 2.45) is 0 Å². The molecule has 2 aromatic rings. The highest BCUT2D eigenvalue weighted by atomic mass is 79.9. The van der Waals surface area contributed by atoms with Crippen molar-refractivity contribution in [2.75, 3.05) is 6.26 Å². The third kappa shape index (κ3) is 1.11. The van der Waals surface area contributed by atoms with Gasteiger partial charge in [0.2, 0.25) is 5.78 Å². The van der Waals surface area contributed by atoms with Crippen LogP contribution in [0.25, 0.3) is 5.78 Å². The Morgan fingerprint density at radius 3 is 3.00 bits per heavy atom. The van der Waals surface area contributed by atoms with E-state index in [9.17, 15) is 0 Å². The summed E-state index contributed by atoms with van der Waals surface area (Å²) < 4.78 is 2.73. The van der Waals surface area contributed by atoms with E-state index in [0.29, 0.717) is 5.78 Å². The topological polar surface area (TPSA) is 43.1 Å². The highest BCUT2D eigenvalue weighted by Crippen LogP contribution is 2.18. The summed E-state index contributed by atoms with van der Waals surface area (Å²) >= 11 is 4.92. The Bertz CT molecular complexity index is 413. The molecule has 2 heterocycles. The predicted octanol–water partition coefficient (Wildman–Crippen LogP) is 1.61. The van der Waals surface area contributed by atoms with Gasteiger partial charge in [-0.2, -0.15) is 0 Å². The minimum Gasteiger partial charge on any atom is -0.249 e. The van der Waals surface area contributed by atoms with Gasteiger partial charge in [-0.25, -0.2) is 19.4 Å². The van der Waals surface area contributed by atoms with Crippen LogP contribution in [-0.2, 0) is 0 Å². The molecule has 2 aromatic heterocycles. The second-order valence-corrected chi connectivity index (χ2v) is 3.66. The highest BCUT2D eigenvalue weighted by molar-refractivity contribution is 9.10. The molecule has 6 heteroatoms. The van der Waals surface area contributed by atoms with E-state index in [1.54, 1.807) is 18.0 Å². The van der Waals surface area contributed by atoms with Gasteiger partial charge in [-0.05, 0) is 22.2 Å². The van der Waals surface area contributed by atoms with E-state index < -0.39 is 0 Å². The van der Waals surface area contributed by atoms with E-state index in [1.807, 2.05) is 10.7 Å². The molecule has 0 spiro atoms. The van der Waals surface area contributed by atoms with Gasteiger partial charge < -0.3 is 0 Å². The Balaban J connectivity index is 2.84. The molecule has 0 amide bonds. The van der Waals surface area contributed by atoms with Gasteiger partial charge in [0.15, 0.2) is 5.16 Å². The molecule has 0 bridgehead atoms. The first-order chi connectivity index (χ1) is 5.83. The van der Waals surface area contributed by atoms with Crippen LogP contribution in [0.2, 0.25) is 0 Å². The van der Waals surface area contributed by atoms with Crippen molar-refractivity contribution in [1.29, 1.82) is 0 Å². The normalized spacial score (nSPS) is 10.8. The largest absolute Gasteiger partial charge is 0.249 e. The van der Waals surface area contributed by atoms with Gasteiger partial charge in [-0.3, -0.25) is 0 Å². The molecule has 0 radical (unpaired) electrons. The fourth-order valence-corrected chi connectivity index (χ4v) is 1.98. The van der Waals surface area contributed by atoms with Crippen molar-refractivity contribution in [1.82, 2.24) is 19.4 Å². The van der Waals surface area contributed by atoms with E-state index in [2.05, 4.69) is 30.9 Å². The van der Waals surface area contributed by atoms with E-state index in [1.165, 1.54) is 6.33 Å². The number of hydrogen-bond acceptors (Lipinski definition) is 4. The molecule has 12 heavy (non-hydrogen) atoms. The Kier molecular flexibility index (Phi) is 2.02. The third-order valence-electron chi connectivity index (χ3n) is 1.42. The van der Waals surface area contributed by atoms with Gasteiger partial charge in [0, 0.05) is 0 Å². The fourth-order valence-electron chi connectivity index (χ4n) is 0.922. The summed E-state index contributed by atoms with van der Waals surface area (Å²) in [5.41, 5.74) is 0. The van der Waals surface area contributed by atoms with E-state index in [0.717, 1.165) is 9.76 Å². The van der Waals surface area contributed by atoms with Gasteiger partial charge in [-0.15, -0.1) is 0 Å². The monoisotopic (exact) mass is 244 g/mol. The van der Waals surface area contributed by atoms with Crippen molar-refractivity contribution >= 4 is 33.5 Å². The number of aromatic nitrogens is 4. The van der Waals surface area contributed by atoms with E-state index in [4.69, 9.17) is 0 Å². The number of rotatable bonds is 1. The highest BCUT2D eigenvalue weighted by Gasteiger charge is 2.05. The maximum absolute atomic E-state index is 4.10. The molecule has 0 aliphatic carbocycles. The Hall–Kier alpha value is -0.620. The molecule has 0 saturated heterocycles. The van der Waals surface area contributed by atoms with Crippen LogP contribution < -0.4 is 0 Å². The Morgan fingerprint density at radius 2 is 2.25 bits per heavy atom. The van der Waals surface area contributed by atoms with Crippen molar-refractivity contribution in [3.63, 3.8) is 0 Å². The van der Waals surface area contributed by atoms with Crippen LogP contribution in [0.4, 0.5) is 0 Å². The van der Waals surface area contributed by atoms with Crippen molar-refractivity contribution in [2.45, 2.75) is 5.16 Å². The molecule has 0 N–H and O–H groups in total. The van der Waals surface area contributed by atoms with Crippen LogP contribution in [0, 0.1) is 0 Å². The Labute approximate surface area is 81.6 Å². The molecular weight excluding hydrogens is 240 g/mol. The first-order valence-corrected chi connectivity index (χ1v) is 5.22. The maximum Gasteiger partial charge on any atom is 0.238 e. The molecule has 0 unspecified atom stereocenters. The predicted molar refractivity (Wildman–Crippen MR) is 50.3 cm³/mol. The van der Waals surface area contributed by atoms with Crippen molar-refractivity contribution in [3.8, 4) is 0 Å². The number of fused-ring (bicyclic) bond motifs is 1. The summed E-state index contributed by atoms with van der Waals surface area (Å²) in [6.07, 6.45) is 5.19. The van der Waals surface area contributed by atoms with Crippen LogP contribution in [0.5, 0.6) is 0 Å². The SMILES string of the molecule is CSc1ncnc2ncc(Br)n12. The molecule has 2 rings (SSSR count). The van der Waals surface area contributed by atoms with E-state index in [-0.39, 0.29) is 0 Å². The van der Waals surface area contributed by atoms with Crippen LogP contribution in [0.15, 0.2) is 22.3 Å². The molecular formula is C6H5BrN4S. The number of imidazole rings is 1. The van der Waals surface area contributed by atoms with Crippen molar-refractivity contribution in [3.05, 3.63) is 17.1 Å². The second-order valence-electron chi connectivity index (χ2n) is 2.08. The fraction of sp³-hybridized carbons (Fsp3) is 0.167. The number of thioether (sulfide) groups is 1. The van der Waals surface area contributed by atoms with Crippen LogP contribution in [0.3, 0.4) is 0 Å². The summed E-state index contributed by atoms with van der Waals surface area (Å²) in [5, 5.41) is 0.879. The lowest BCUT2D eigenvalue weighted by Crippen LogP contribution is -1.95. The third-order valence-corrected chi connectivity index (χ3v) is 2.63. The second kappa shape index (κ2) is 3.02. The molecule has 0 aliphatic rings. The summed E-state index contributed by atoms with van der Waals surface area (Å²) in [5.74, 6) is 0.668. The average molecular weight is 245 g/mol. The van der Waals surface area contributed by atoms with Gasteiger partial charge in [0.25, 0.3) is 0 Å². The first kappa shape index (κ1) is 8.00. The van der Waals surface area contributed by atoms with Crippen LogP contribution >= 0.6 is 27.7 Å². The zero-order valence-corrected chi connectivity index (χ0v) is 8.63. The zero-order chi connectivity index (χ0) is 8.55. The summed E-state index contributed by atoms with van der Waals surface area (Å²) in [6, 6.07) is 0. The number of halogens is 1. The number of hydrogen-bond donors (Lipinski definition) is 0. The summed E-state index contributed by atoms with van der Waals surface area (Å²) in [7, 11) is 0. The molecule has 0 aliphatic heterocycles. The van der Waals surface area contributed by atoms with Crippen LogP contribution in [0.1, 0.15) is 0 Å².